The van der Waals surface area contributed by atoms with E-state index in [1.165, 1.54) is 12.0 Å². The van der Waals surface area contributed by atoms with E-state index >= 15 is 0 Å². The number of nitrogens with zero attached hydrogens (tertiary/aromatic N) is 2. The zero-order valence-electron chi connectivity index (χ0n) is 23.7. The number of methoxy groups -OCH3 is 1. The number of hydroxylamine groups is 1. The smallest absolute Gasteiger partial charge is 0.343 e. The minimum Gasteiger partial charge on any atom is -0.494 e. The van der Waals surface area contributed by atoms with Crippen molar-refractivity contribution in [1.29, 1.82) is 0 Å². The molecule has 2 fully saturated rings. The summed E-state index contributed by atoms with van der Waals surface area (Å²) < 4.78 is 16.9. The SMILES string of the molecule is CCCOc1ccc(N2C(=O)C3ON(c4ccccc4)C(c4ccc(OC(=O)c5ccccc5)c(OC)c4)C3C2=O)cc1. The van der Waals surface area contributed by atoms with E-state index in [-0.39, 0.29) is 11.7 Å². The largest absolute Gasteiger partial charge is 0.494 e. The summed E-state index contributed by atoms with van der Waals surface area (Å²) >= 11 is 0. The third-order valence-corrected chi connectivity index (χ3v) is 7.44. The molecular formula is C34H30N2O7. The average molecular weight is 579 g/mol. The van der Waals surface area contributed by atoms with Crippen LogP contribution in [0.25, 0.3) is 0 Å². The van der Waals surface area contributed by atoms with Crippen LogP contribution in [0.2, 0.25) is 0 Å². The molecule has 9 heteroatoms. The van der Waals surface area contributed by atoms with Crippen molar-refractivity contribution in [3.63, 3.8) is 0 Å². The van der Waals surface area contributed by atoms with Crippen molar-refractivity contribution in [2.45, 2.75) is 25.5 Å². The molecule has 0 spiro atoms. The summed E-state index contributed by atoms with van der Waals surface area (Å²) in [6.07, 6.45) is -0.165. The van der Waals surface area contributed by atoms with E-state index in [0.29, 0.717) is 40.6 Å². The van der Waals surface area contributed by atoms with E-state index in [0.717, 1.165) is 6.42 Å². The Kier molecular flexibility index (Phi) is 7.81. The molecule has 9 nitrogen and oxygen atoms in total. The zero-order chi connectivity index (χ0) is 29.9. The minimum absolute atomic E-state index is 0.225. The summed E-state index contributed by atoms with van der Waals surface area (Å²) in [5.41, 5.74) is 2.18. The summed E-state index contributed by atoms with van der Waals surface area (Å²) in [7, 11) is 1.47. The molecule has 0 aliphatic carbocycles. The van der Waals surface area contributed by atoms with Gasteiger partial charge < -0.3 is 14.2 Å². The second-order valence-electron chi connectivity index (χ2n) is 10.2. The quantitative estimate of drug-likeness (QED) is 0.141. The number of carbonyl (C=O) groups is 3. The van der Waals surface area contributed by atoms with Crippen LogP contribution >= 0.6 is 0 Å². The second kappa shape index (κ2) is 12.0. The van der Waals surface area contributed by atoms with Crippen LogP contribution in [-0.4, -0.2) is 37.6 Å². The van der Waals surface area contributed by atoms with Gasteiger partial charge in [0.1, 0.15) is 11.7 Å². The van der Waals surface area contributed by atoms with Crippen LogP contribution in [0.15, 0.2) is 103 Å². The Balaban J connectivity index is 1.34. The molecule has 2 amide bonds. The Bertz CT molecular complexity index is 1630. The lowest BCUT2D eigenvalue weighted by molar-refractivity contribution is -0.126. The number of rotatable bonds is 9. The number of hydrogen-bond donors (Lipinski definition) is 0. The summed E-state index contributed by atoms with van der Waals surface area (Å²) in [5, 5.41) is 1.61. The van der Waals surface area contributed by atoms with E-state index in [4.69, 9.17) is 19.0 Å². The molecule has 3 unspecified atom stereocenters. The van der Waals surface area contributed by atoms with Gasteiger partial charge in [0.25, 0.3) is 5.91 Å². The minimum atomic E-state index is -1.03. The molecule has 2 heterocycles. The molecule has 6 rings (SSSR count). The lowest BCUT2D eigenvalue weighted by Gasteiger charge is -2.29. The standard InChI is InChI=1S/C34H30N2O7/c1-3-20-41-26-17-15-24(16-18-26)35-32(37)29-30(36(43-31(29)33(35)38)25-12-8-5-9-13-25)23-14-19-27(28(21-23)40-2)42-34(39)22-10-6-4-7-11-22/h4-19,21,29-31H,3,20H2,1-2H3. The Hall–Kier alpha value is -5.15. The van der Waals surface area contributed by atoms with Gasteiger partial charge in [0.05, 0.1) is 36.7 Å². The van der Waals surface area contributed by atoms with Crippen molar-refractivity contribution in [3.8, 4) is 17.2 Å². The Labute approximate surface area is 249 Å². The van der Waals surface area contributed by atoms with E-state index in [2.05, 4.69) is 0 Å². The highest BCUT2D eigenvalue weighted by Gasteiger charge is 2.60. The van der Waals surface area contributed by atoms with Crippen molar-refractivity contribution >= 4 is 29.2 Å². The fourth-order valence-corrected chi connectivity index (χ4v) is 5.40. The van der Waals surface area contributed by atoms with E-state index < -0.39 is 29.9 Å². The van der Waals surface area contributed by atoms with Crippen molar-refractivity contribution in [2.75, 3.05) is 23.7 Å². The van der Waals surface area contributed by atoms with Crippen LogP contribution in [0.4, 0.5) is 11.4 Å². The maximum atomic E-state index is 14.0. The number of fused-ring (bicyclic) bond motifs is 1. The first-order valence-electron chi connectivity index (χ1n) is 14.1. The fraction of sp³-hybridized carbons (Fsp3) is 0.206. The lowest BCUT2D eigenvalue weighted by atomic mass is 9.90. The molecule has 0 bridgehead atoms. The number of amides is 2. The van der Waals surface area contributed by atoms with Crippen LogP contribution in [0, 0.1) is 5.92 Å². The predicted molar refractivity (Wildman–Crippen MR) is 159 cm³/mol. The number of hydrogen-bond acceptors (Lipinski definition) is 8. The number of carbonyl (C=O) groups excluding carboxylic acids is 3. The fourth-order valence-electron chi connectivity index (χ4n) is 5.40. The zero-order valence-corrected chi connectivity index (χ0v) is 23.7. The van der Waals surface area contributed by atoms with Gasteiger partial charge in [-0.2, -0.15) is 0 Å². The van der Waals surface area contributed by atoms with Gasteiger partial charge in [0.15, 0.2) is 17.6 Å². The van der Waals surface area contributed by atoms with Gasteiger partial charge in [-0.1, -0.05) is 49.4 Å². The number of benzene rings is 4. The van der Waals surface area contributed by atoms with E-state index in [9.17, 15) is 14.4 Å². The lowest BCUT2D eigenvalue weighted by Crippen LogP contribution is -2.37. The maximum absolute atomic E-state index is 14.0. The highest BCUT2D eigenvalue weighted by molar-refractivity contribution is 6.24. The van der Waals surface area contributed by atoms with Crippen LogP contribution in [0.1, 0.15) is 35.3 Å². The van der Waals surface area contributed by atoms with Gasteiger partial charge in [0.2, 0.25) is 5.91 Å². The second-order valence-corrected chi connectivity index (χ2v) is 10.2. The van der Waals surface area contributed by atoms with Crippen LogP contribution in [0.5, 0.6) is 17.2 Å². The monoisotopic (exact) mass is 578 g/mol. The molecule has 218 valence electrons. The van der Waals surface area contributed by atoms with Gasteiger partial charge >= 0.3 is 5.97 Å². The summed E-state index contributed by atoms with van der Waals surface area (Å²) in [4.78, 5) is 47.8. The molecule has 2 aliphatic rings. The first-order valence-corrected chi connectivity index (χ1v) is 14.1. The Morgan fingerprint density at radius 2 is 1.51 bits per heavy atom. The molecule has 0 aromatic heterocycles. The van der Waals surface area contributed by atoms with Crippen LogP contribution in [-0.2, 0) is 14.4 Å². The van der Waals surface area contributed by atoms with Gasteiger partial charge in [-0.15, -0.1) is 0 Å². The summed E-state index contributed by atoms with van der Waals surface area (Å²) in [5.74, 6) is -1.00. The maximum Gasteiger partial charge on any atom is 0.343 e. The van der Waals surface area contributed by atoms with Crippen molar-refractivity contribution in [1.82, 2.24) is 0 Å². The molecule has 43 heavy (non-hydrogen) atoms. The molecule has 4 aromatic rings. The molecule has 2 aliphatic heterocycles. The predicted octanol–water partition coefficient (Wildman–Crippen LogP) is 5.75. The third-order valence-electron chi connectivity index (χ3n) is 7.44. The number of anilines is 2. The molecule has 2 saturated heterocycles. The van der Waals surface area contributed by atoms with E-state index in [1.807, 2.05) is 43.3 Å². The molecular weight excluding hydrogens is 548 g/mol. The number of ether oxygens (including phenoxy) is 3. The number of para-hydroxylation sites is 1. The highest BCUT2D eigenvalue weighted by Crippen LogP contribution is 2.48. The van der Waals surface area contributed by atoms with Crippen LogP contribution < -0.4 is 24.2 Å². The number of esters is 1. The molecule has 0 N–H and O–H groups in total. The van der Waals surface area contributed by atoms with E-state index in [1.54, 1.807) is 71.8 Å². The molecule has 3 atom stereocenters. The van der Waals surface area contributed by atoms with Crippen LogP contribution in [0.3, 0.4) is 0 Å². The van der Waals surface area contributed by atoms with Gasteiger partial charge in [-0.05, 0) is 72.6 Å². The van der Waals surface area contributed by atoms with Crippen molar-refractivity contribution < 1.29 is 33.4 Å². The Morgan fingerprint density at radius 3 is 2.19 bits per heavy atom. The third kappa shape index (κ3) is 5.30. The van der Waals surface area contributed by atoms with Crippen molar-refractivity contribution in [3.05, 3.63) is 114 Å². The summed E-state index contributed by atoms with van der Waals surface area (Å²) in [6.45, 7) is 2.59. The molecule has 4 aromatic carbocycles. The number of imide groups is 1. The van der Waals surface area contributed by atoms with Gasteiger partial charge in [-0.3, -0.25) is 14.4 Å². The van der Waals surface area contributed by atoms with Gasteiger partial charge in [-0.25, -0.2) is 14.8 Å². The van der Waals surface area contributed by atoms with Crippen molar-refractivity contribution in [2.24, 2.45) is 5.92 Å². The first kappa shape index (κ1) is 28.0. The average Bonchev–Trinajstić information content (AvgIpc) is 3.56. The first-order chi connectivity index (χ1) is 21.0. The molecule has 0 radical (unpaired) electrons. The topological polar surface area (TPSA) is 94.6 Å². The summed E-state index contributed by atoms with van der Waals surface area (Å²) in [6, 6.07) is 29.2. The Morgan fingerprint density at radius 1 is 0.814 bits per heavy atom. The normalized spacial score (nSPS) is 19.3. The van der Waals surface area contributed by atoms with Gasteiger partial charge in [0, 0.05) is 0 Å². The molecule has 0 saturated carbocycles. The highest BCUT2D eigenvalue weighted by atomic mass is 16.7.